The van der Waals surface area contributed by atoms with Crippen LogP contribution in [-0.4, -0.2) is 16.0 Å². The van der Waals surface area contributed by atoms with Gasteiger partial charge in [0.05, 0.1) is 12.1 Å². The Morgan fingerprint density at radius 3 is 2.84 bits per heavy atom. The average Bonchev–Trinajstić information content (AvgIpc) is 3.27. The Kier molecular flexibility index (Phi) is 4.00. The van der Waals surface area contributed by atoms with Crippen molar-refractivity contribution in [2.24, 2.45) is 0 Å². The zero-order valence-electron chi connectivity index (χ0n) is 13.3. The first-order valence-corrected chi connectivity index (χ1v) is 7.88. The largest absolute Gasteiger partial charge is 0.453 e. The second-order valence-electron chi connectivity index (χ2n) is 5.65. The van der Waals surface area contributed by atoms with Crippen molar-refractivity contribution in [2.45, 2.75) is 13.0 Å². The summed E-state index contributed by atoms with van der Waals surface area (Å²) in [4.78, 5) is 16.0. The maximum Gasteiger partial charge on any atom is 0.226 e. The van der Waals surface area contributed by atoms with Crippen LogP contribution in [0.2, 0.25) is 0 Å². The highest BCUT2D eigenvalue weighted by atomic mass is 16.5. The number of aromatic nitrogens is 2. The van der Waals surface area contributed by atoms with E-state index in [0.717, 1.165) is 16.5 Å². The van der Waals surface area contributed by atoms with Crippen LogP contribution in [0.5, 0.6) is 0 Å². The summed E-state index contributed by atoms with van der Waals surface area (Å²) in [6.45, 7) is 0.432. The highest BCUT2D eigenvalue weighted by Crippen LogP contribution is 2.28. The lowest BCUT2D eigenvalue weighted by Crippen LogP contribution is -2.24. The van der Waals surface area contributed by atoms with Crippen molar-refractivity contribution in [3.05, 3.63) is 72.2 Å². The van der Waals surface area contributed by atoms with Crippen molar-refractivity contribution in [3.63, 3.8) is 0 Å². The third-order valence-corrected chi connectivity index (χ3v) is 3.78. The molecular weight excluding hydrogens is 318 g/mol. The van der Waals surface area contributed by atoms with Gasteiger partial charge in [-0.2, -0.15) is 0 Å². The van der Waals surface area contributed by atoms with Crippen LogP contribution in [0.15, 0.2) is 69.9 Å². The van der Waals surface area contributed by atoms with Crippen LogP contribution in [0.25, 0.3) is 22.5 Å². The fraction of sp³-hybridized carbons (Fsp3) is 0.105. The van der Waals surface area contributed by atoms with Crippen LogP contribution in [0.4, 0.5) is 0 Å². The summed E-state index contributed by atoms with van der Waals surface area (Å²) in [5, 5.41) is 7.77. The Morgan fingerprint density at radius 2 is 2.00 bits per heavy atom. The van der Waals surface area contributed by atoms with E-state index < -0.39 is 0 Å². The van der Waals surface area contributed by atoms with Crippen LogP contribution >= 0.6 is 0 Å². The van der Waals surface area contributed by atoms with Crippen molar-refractivity contribution in [1.82, 2.24) is 15.5 Å². The van der Waals surface area contributed by atoms with E-state index in [1.807, 2.05) is 42.5 Å². The quantitative estimate of drug-likeness (QED) is 0.606. The third-order valence-electron chi connectivity index (χ3n) is 3.78. The highest BCUT2D eigenvalue weighted by Gasteiger charge is 2.14. The van der Waals surface area contributed by atoms with Gasteiger partial charge < -0.3 is 14.3 Å². The lowest BCUT2D eigenvalue weighted by molar-refractivity contribution is -0.120. The Hall–Kier alpha value is -3.41. The minimum absolute atomic E-state index is 0.131. The maximum atomic E-state index is 12.0. The maximum absolute atomic E-state index is 12.0. The minimum Gasteiger partial charge on any atom is -0.453 e. The molecule has 0 radical (unpaired) electrons. The van der Waals surface area contributed by atoms with Gasteiger partial charge in [0.25, 0.3) is 0 Å². The van der Waals surface area contributed by atoms with Gasteiger partial charge in [-0.1, -0.05) is 29.4 Å². The number of furan rings is 1. The zero-order valence-corrected chi connectivity index (χ0v) is 13.3. The van der Waals surface area contributed by atoms with Gasteiger partial charge >= 0.3 is 0 Å². The zero-order chi connectivity index (χ0) is 17.1. The molecule has 0 bridgehead atoms. The van der Waals surface area contributed by atoms with E-state index >= 15 is 0 Å². The number of para-hydroxylation sites is 1. The molecule has 3 heterocycles. The van der Waals surface area contributed by atoms with Gasteiger partial charge in [-0.05, 0) is 23.8 Å². The van der Waals surface area contributed by atoms with Gasteiger partial charge in [0.2, 0.25) is 11.7 Å². The molecule has 0 fully saturated rings. The molecule has 1 amide bonds. The molecule has 124 valence electrons. The SMILES string of the molecule is O=C(Cc1cc(-c2cc3ccccc3o2)on1)NCc1cccnc1. The lowest BCUT2D eigenvalue weighted by Gasteiger charge is -2.02. The van der Waals surface area contributed by atoms with E-state index in [9.17, 15) is 4.79 Å². The molecule has 1 aromatic carbocycles. The fourth-order valence-corrected chi connectivity index (χ4v) is 2.54. The van der Waals surface area contributed by atoms with E-state index in [2.05, 4.69) is 15.5 Å². The molecule has 0 spiro atoms. The number of fused-ring (bicyclic) bond motifs is 1. The summed E-state index contributed by atoms with van der Waals surface area (Å²) in [5.41, 5.74) is 2.28. The first kappa shape index (κ1) is 15.1. The smallest absolute Gasteiger partial charge is 0.226 e. The van der Waals surface area contributed by atoms with Gasteiger partial charge in [-0.3, -0.25) is 9.78 Å². The number of carbonyl (C=O) groups is 1. The molecule has 0 atom stereocenters. The van der Waals surface area contributed by atoms with Crippen LogP contribution in [0.1, 0.15) is 11.3 Å². The third kappa shape index (κ3) is 3.42. The number of nitrogens with zero attached hydrogens (tertiary/aromatic N) is 2. The molecule has 4 rings (SSSR count). The van der Waals surface area contributed by atoms with Crippen LogP contribution in [-0.2, 0) is 17.8 Å². The Balaban J connectivity index is 1.41. The summed E-state index contributed by atoms with van der Waals surface area (Å²) >= 11 is 0. The molecule has 0 aliphatic heterocycles. The summed E-state index contributed by atoms with van der Waals surface area (Å²) < 4.78 is 11.0. The van der Waals surface area contributed by atoms with Crippen LogP contribution < -0.4 is 5.32 Å². The number of hydrogen-bond acceptors (Lipinski definition) is 5. The summed E-state index contributed by atoms with van der Waals surface area (Å²) in [6, 6.07) is 15.1. The standard InChI is InChI=1S/C19H15N3O3/c23-19(21-12-13-4-3-7-20-11-13)10-15-9-18(25-22-15)17-8-14-5-1-2-6-16(14)24-17/h1-9,11H,10,12H2,(H,21,23). The first-order chi connectivity index (χ1) is 12.3. The van der Waals surface area contributed by atoms with Crippen LogP contribution in [0, 0.1) is 0 Å². The van der Waals surface area contributed by atoms with E-state index in [4.69, 9.17) is 8.94 Å². The van der Waals surface area contributed by atoms with Crippen molar-refractivity contribution < 1.29 is 13.7 Å². The molecule has 3 aromatic heterocycles. The minimum atomic E-state index is -0.131. The van der Waals surface area contributed by atoms with Crippen molar-refractivity contribution in [2.75, 3.05) is 0 Å². The summed E-state index contributed by atoms with van der Waals surface area (Å²) in [5.74, 6) is 0.968. The molecule has 0 aliphatic rings. The molecule has 25 heavy (non-hydrogen) atoms. The summed E-state index contributed by atoms with van der Waals surface area (Å²) in [7, 11) is 0. The van der Waals surface area contributed by atoms with E-state index in [0.29, 0.717) is 23.8 Å². The van der Waals surface area contributed by atoms with Gasteiger partial charge in [0.1, 0.15) is 5.58 Å². The van der Waals surface area contributed by atoms with E-state index in [1.165, 1.54) is 0 Å². The number of amides is 1. The first-order valence-electron chi connectivity index (χ1n) is 7.88. The molecule has 4 aromatic rings. The predicted molar refractivity (Wildman–Crippen MR) is 91.5 cm³/mol. The molecule has 0 saturated heterocycles. The van der Waals surface area contributed by atoms with Gasteiger partial charge in [-0.15, -0.1) is 0 Å². The fourth-order valence-electron chi connectivity index (χ4n) is 2.54. The number of carbonyl (C=O) groups excluding carboxylic acids is 1. The second-order valence-corrected chi connectivity index (χ2v) is 5.65. The molecule has 6 heteroatoms. The Bertz CT molecular complexity index is 972. The van der Waals surface area contributed by atoms with Crippen LogP contribution in [0.3, 0.4) is 0 Å². The van der Waals surface area contributed by atoms with Crippen molar-refractivity contribution in [1.29, 1.82) is 0 Å². The number of benzene rings is 1. The van der Waals surface area contributed by atoms with Gasteiger partial charge in [0.15, 0.2) is 5.76 Å². The molecular formula is C19H15N3O3. The molecule has 6 nitrogen and oxygen atoms in total. The van der Waals surface area contributed by atoms with E-state index in [-0.39, 0.29) is 12.3 Å². The average molecular weight is 333 g/mol. The summed E-state index contributed by atoms with van der Waals surface area (Å²) in [6.07, 6.45) is 3.56. The van der Waals surface area contributed by atoms with Crippen molar-refractivity contribution >= 4 is 16.9 Å². The Morgan fingerprint density at radius 1 is 1.08 bits per heavy atom. The van der Waals surface area contributed by atoms with Crippen molar-refractivity contribution in [3.8, 4) is 11.5 Å². The Labute approximate surface area is 143 Å². The number of nitrogens with one attached hydrogen (secondary N) is 1. The van der Waals surface area contributed by atoms with Gasteiger partial charge in [-0.25, -0.2) is 0 Å². The monoisotopic (exact) mass is 333 g/mol. The molecule has 0 saturated carbocycles. The normalized spacial score (nSPS) is 10.9. The number of rotatable bonds is 5. The lowest BCUT2D eigenvalue weighted by atomic mass is 10.2. The molecule has 0 aliphatic carbocycles. The molecule has 0 unspecified atom stereocenters. The number of pyridine rings is 1. The predicted octanol–water partition coefficient (Wildman–Crippen LogP) is 3.34. The second kappa shape index (κ2) is 6.60. The van der Waals surface area contributed by atoms with Gasteiger partial charge in [0, 0.05) is 30.4 Å². The topological polar surface area (TPSA) is 81.2 Å². The van der Waals surface area contributed by atoms with E-state index in [1.54, 1.807) is 18.5 Å². The number of hydrogen-bond donors (Lipinski definition) is 1. The highest BCUT2D eigenvalue weighted by molar-refractivity contribution is 5.82. The molecule has 1 N–H and O–H groups in total.